The Balaban J connectivity index is 0.000000924. The van der Waals surface area contributed by atoms with Crippen LogP contribution in [0.3, 0.4) is 0 Å². The fourth-order valence-corrected chi connectivity index (χ4v) is 2.16. The van der Waals surface area contributed by atoms with Gasteiger partial charge >= 0.3 is 11.3 Å². The lowest BCUT2D eigenvalue weighted by atomic mass is 10.1. The van der Waals surface area contributed by atoms with Crippen molar-refractivity contribution in [3.05, 3.63) is 42.5 Å². The van der Waals surface area contributed by atoms with Crippen LogP contribution in [0.15, 0.2) is 46.9 Å². The summed E-state index contributed by atoms with van der Waals surface area (Å²) in [4.78, 5) is 0. The van der Waals surface area contributed by atoms with E-state index in [1.54, 1.807) is 24.3 Å². The molecule has 2 aromatic carbocycles. The normalized spacial score (nSPS) is 10.0. The minimum atomic E-state index is -0.0847. The van der Waals surface area contributed by atoms with Gasteiger partial charge in [0.1, 0.15) is 16.9 Å². The highest BCUT2D eigenvalue weighted by Crippen LogP contribution is 2.35. The Labute approximate surface area is 138 Å². The molecule has 1 aromatic heterocycles. The number of alkyl halides is 1. The summed E-state index contributed by atoms with van der Waals surface area (Å²) in [6.07, 6.45) is 1.47. The van der Waals surface area contributed by atoms with Crippen molar-refractivity contribution in [1.29, 1.82) is 0 Å². The second-order valence-corrected chi connectivity index (χ2v) is 4.56. The molecule has 0 aliphatic heterocycles. The van der Waals surface area contributed by atoms with Crippen molar-refractivity contribution in [3.8, 4) is 34.3 Å². The zero-order valence-electron chi connectivity index (χ0n) is 12.6. The highest BCUT2D eigenvalue weighted by atomic mass is 35.5. The summed E-state index contributed by atoms with van der Waals surface area (Å²) in [5.41, 5.74) is 0.998. The molecule has 5 nitrogen and oxygen atoms in total. The Kier molecular flexibility index (Phi) is 5.13. The van der Waals surface area contributed by atoms with Crippen LogP contribution in [-0.4, -0.2) is 28.8 Å². The summed E-state index contributed by atoms with van der Waals surface area (Å²) >= 11 is 4.64. The number of rotatable bonds is 2. The van der Waals surface area contributed by atoms with Crippen molar-refractivity contribution in [3.63, 3.8) is 0 Å². The highest BCUT2D eigenvalue weighted by molar-refractivity contribution is 6.15. The van der Waals surface area contributed by atoms with Crippen LogP contribution in [0, 0.1) is 0 Å². The number of aromatic hydroxyl groups is 3. The number of halogens is 1. The quantitative estimate of drug-likeness (QED) is 0.479. The summed E-state index contributed by atoms with van der Waals surface area (Å²) in [7, 11) is 1.47. The third kappa shape index (κ3) is 3.40. The van der Waals surface area contributed by atoms with Gasteiger partial charge in [-0.25, -0.2) is 4.42 Å². The second kappa shape index (κ2) is 7.07. The molecule has 0 amide bonds. The molecule has 0 aliphatic rings. The molecule has 6 heteroatoms. The average molecular weight is 336 g/mol. The Morgan fingerprint density at radius 1 is 0.913 bits per heavy atom. The summed E-state index contributed by atoms with van der Waals surface area (Å²) in [6.45, 7) is 0. The standard InChI is InChI=1S/C16H12O5.CH3Cl/c1-20-15-4-2-9(6-13(15)19)14-5-3-11-12(18)7-10(17)8-16(11)21-14;1-2/h2-8H,1H3,(H2-,17,18,19);1H3/p+1. The van der Waals surface area contributed by atoms with E-state index in [1.165, 1.54) is 31.7 Å². The third-order valence-corrected chi connectivity index (χ3v) is 3.19. The highest BCUT2D eigenvalue weighted by Gasteiger charge is 2.19. The van der Waals surface area contributed by atoms with Crippen molar-refractivity contribution in [2.75, 3.05) is 13.5 Å². The van der Waals surface area contributed by atoms with Gasteiger partial charge in [-0.15, -0.1) is 11.6 Å². The van der Waals surface area contributed by atoms with Crippen molar-refractivity contribution >= 4 is 22.6 Å². The van der Waals surface area contributed by atoms with Gasteiger partial charge < -0.3 is 20.1 Å². The predicted molar refractivity (Wildman–Crippen MR) is 89.4 cm³/mol. The van der Waals surface area contributed by atoms with E-state index in [0.717, 1.165) is 0 Å². The Bertz CT molecular complexity index is 833. The van der Waals surface area contributed by atoms with Crippen LogP contribution >= 0.6 is 11.6 Å². The zero-order chi connectivity index (χ0) is 17.0. The Morgan fingerprint density at radius 3 is 2.30 bits per heavy atom. The Morgan fingerprint density at radius 2 is 1.65 bits per heavy atom. The molecule has 1 heterocycles. The number of hydrogen-bond acceptors (Lipinski definition) is 4. The number of methoxy groups -OCH3 is 1. The third-order valence-electron chi connectivity index (χ3n) is 3.19. The SMILES string of the molecule is CCl.COc1ccc(-c2ccc3c(O)cc(O)cc3[o+]2)cc1O. The number of phenols is 3. The lowest BCUT2D eigenvalue weighted by Gasteiger charge is -2.02. The smallest absolute Gasteiger partial charge is 0.368 e. The van der Waals surface area contributed by atoms with Gasteiger partial charge in [0.15, 0.2) is 11.5 Å². The summed E-state index contributed by atoms with van der Waals surface area (Å²) < 4.78 is 10.7. The molecule has 0 fully saturated rings. The summed E-state index contributed by atoms with van der Waals surface area (Å²) in [5, 5.41) is 29.6. The minimum absolute atomic E-state index is 0.00375. The number of ether oxygens (including phenoxy) is 1. The molecule has 0 radical (unpaired) electrons. The first-order chi connectivity index (χ1) is 11.1. The van der Waals surface area contributed by atoms with Crippen LogP contribution < -0.4 is 4.74 Å². The fourth-order valence-electron chi connectivity index (χ4n) is 2.16. The first-order valence-electron chi connectivity index (χ1n) is 6.62. The van der Waals surface area contributed by atoms with Gasteiger partial charge in [-0.1, -0.05) is 0 Å². The van der Waals surface area contributed by atoms with E-state index in [0.29, 0.717) is 28.0 Å². The van der Waals surface area contributed by atoms with Crippen molar-refractivity contribution in [1.82, 2.24) is 0 Å². The lowest BCUT2D eigenvalue weighted by Crippen LogP contribution is -1.85. The first-order valence-corrected chi connectivity index (χ1v) is 7.38. The maximum atomic E-state index is 9.81. The van der Waals surface area contributed by atoms with E-state index in [1.807, 2.05) is 0 Å². The molecule has 120 valence electrons. The van der Waals surface area contributed by atoms with Gasteiger partial charge in [0.2, 0.25) is 0 Å². The summed E-state index contributed by atoms with van der Waals surface area (Å²) in [5.74, 6) is 0.723. The van der Waals surface area contributed by atoms with E-state index in [2.05, 4.69) is 11.6 Å². The molecule has 3 N–H and O–H groups in total. The van der Waals surface area contributed by atoms with Crippen molar-refractivity contribution < 1.29 is 24.5 Å². The molecule has 0 aliphatic carbocycles. The fraction of sp³-hybridized carbons (Fsp3) is 0.118. The van der Waals surface area contributed by atoms with Crippen LogP contribution in [0.25, 0.3) is 22.3 Å². The van der Waals surface area contributed by atoms with E-state index in [4.69, 9.17) is 9.15 Å². The molecule has 0 atom stereocenters. The van der Waals surface area contributed by atoms with E-state index < -0.39 is 0 Å². The second-order valence-electron chi connectivity index (χ2n) is 4.56. The van der Waals surface area contributed by atoms with Gasteiger partial charge in [-0.2, -0.15) is 0 Å². The van der Waals surface area contributed by atoms with Crippen LogP contribution in [0.5, 0.6) is 23.0 Å². The topological polar surface area (TPSA) is 81.2 Å². The van der Waals surface area contributed by atoms with Gasteiger partial charge in [-0.05, 0) is 18.2 Å². The molecule has 3 aromatic rings. The maximum Gasteiger partial charge on any atom is 0.368 e. The van der Waals surface area contributed by atoms with Gasteiger partial charge in [0.05, 0.1) is 18.7 Å². The molecule has 3 rings (SSSR count). The number of phenolic OH excluding ortho intramolecular Hbond substituents is 3. The summed E-state index contributed by atoms with van der Waals surface area (Å²) in [6, 6.07) is 10.9. The zero-order valence-corrected chi connectivity index (χ0v) is 13.3. The molecule has 0 saturated carbocycles. The van der Waals surface area contributed by atoms with E-state index in [-0.39, 0.29) is 17.2 Å². The molecule has 0 spiro atoms. The monoisotopic (exact) mass is 335 g/mol. The lowest BCUT2D eigenvalue weighted by molar-refractivity contribution is 0.373. The number of fused-ring (bicyclic) bond motifs is 1. The molecule has 0 saturated heterocycles. The number of hydrogen-bond donors (Lipinski definition) is 3. The minimum Gasteiger partial charge on any atom is -0.507 e. The molecule has 0 bridgehead atoms. The van der Waals surface area contributed by atoms with E-state index >= 15 is 0 Å². The van der Waals surface area contributed by atoms with Crippen LogP contribution in [0.1, 0.15) is 0 Å². The van der Waals surface area contributed by atoms with Gasteiger partial charge in [0.25, 0.3) is 0 Å². The first kappa shape index (κ1) is 16.7. The molecule has 23 heavy (non-hydrogen) atoms. The van der Waals surface area contributed by atoms with Crippen LogP contribution in [0.2, 0.25) is 0 Å². The van der Waals surface area contributed by atoms with Crippen LogP contribution in [-0.2, 0) is 0 Å². The number of benzene rings is 2. The predicted octanol–water partition coefficient (Wildman–Crippen LogP) is 4.36. The largest absolute Gasteiger partial charge is 0.507 e. The van der Waals surface area contributed by atoms with Crippen molar-refractivity contribution in [2.45, 2.75) is 0 Å². The maximum absolute atomic E-state index is 9.81. The molecule has 0 unspecified atom stereocenters. The van der Waals surface area contributed by atoms with Gasteiger partial charge in [0, 0.05) is 24.6 Å². The average Bonchev–Trinajstić information content (AvgIpc) is 2.56. The Hall–Kier alpha value is -2.66. The van der Waals surface area contributed by atoms with E-state index in [9.17, 15) is 15.3 Å². The van der Waals surface area contributed by atoms with Crippen molar-refractivity contribution in [2.24, 2.45) is 0 Å². The molecular weight excluding hydrogens is 320 g/mol. The van der Waals surface area contributed by atoms with Crippen LogP contribution in [0.4, 0.5) is 0 Å². The van der Waals surface area contributed by atoms with Gasteiger partial charge in [-0.3, -0.25) is 0 Å². The molecular formula is C17H16ClO5+.